The molecule has 6 heteroatoms. The molecule has 25 heavy (non-hydrogen) atoms. The SMILES string of the molecule is COc1cc(C(C)C)ccc1C1(N=[N+]=[N-])C(=O)c2ccccc2C1=O. The van der Waals surface area contributed by atoms with E-state index in [0.29, 0.717) is 5.75 Å². The van der Waals surface area contributed by atoms with E-state index in [0.717, 1.165) is 5.56 Å². The van der Waals surface area contributed by atoms with Crippen LogP contribution < -0.4 is 4.74 Å². The number of rotatable bonds is 4. The fourth-order valence-corrected chi connectivity index (χ4v) is 3.19. The molecule has 1 aliphatic carbocycles. The molecule has 0 saturated carbocycles. The highest BCUT2D eigenvalue weighted by Gasteiger charge is 2.55. The highest BCUT2D eigenvalue weighted by atomic mass is 16.5. The smallest absolute Gasteiger partial charge is 0.203 e. The number of benzene rings is 2. The number of ether oxygens (including phenoxy) is 1. The molecule has 0 spiro atoms. The van der Waals surface area contributed by atoms with E-state index in [9.17, 15) is 9.59 Å². The summed E-state index contributed by atoms with van der Waals surface area (Å²) < 4.78 is 5.43. The van der Waals surface area contributed by atoms with Crippen molar-refractivity contribution in [3.8, 4) is 5.75 Å². The van der Waals surface area contributed by atoms with Crippen LogP contribution in [-0.2, 0) is 5.54 Å². The van der Waals surface area contributed by atoms with Crippen LogP contribution in [0.4, 0.5) is 0 Å². The number of ketones is 2. The largest absolute Gasteiger partial charge is 0.496 e. The van der Waals surface area contributed by atoms with Crippen molar-refractivity contribution in [2.75, 3.05) is 7.11 Å². The van der Waals surface area contributed by atoms with Crippen LogP contribution in [0.2, 0.25) is 0 Å². The minimum Gasteiger partial charge on any atom is -0.496 e. The van der Waals surface area contributed by atoms with E-state index in [1.807, 2.05) is 19.9 Å². The van der Waals surface area contributed by atoms with E-state index in [-0.39, 0.29) is 22.6 Å². The lowest BCUT2D eigenvalue weighted by Gasteiger charge is -2.23. The summed E-state index contributed by atoms with van der Waals surface area (Å²) in [6.07, 6.45) is 0. The molecule has 1 aliphatic rings. The van der Waals surface area contributed by atoms with Gasteiger partial charge in [-0.3, -0.25) is 9.59 Å². The molecule has 0 atom stereocenters. The van der Waals surface area contributed by atoms with Crippen molar-refractivity contribution in [2.24, 2.45) is 5.11 Å². The topological polar surface area (TPSA) is 92.1 Å². The fraction of sp³-hybridized carbons (Fsp3) is 0.263. The predicted octanol–water partition coefficient (Wildman–Crippen LogP) is 4.40. The Labute approximate surface area is 145 Å². The van der Waals surface area contributed by atoms with Gasteiger partial charge in [0.2, 0.25) is 5.54 Å². The second kappa shape index (κ2) is 6.07. The third-order valence-corrected chi connectivity index (χ3v) is 4.55. The van der Waals surface area contributed by atoms with Crippen molar-refractivity contribution in [2.45, 2.75) is 25.3 Å². The Morgan fingerprint density at radius 2 is 1.68 bits per heavy atom. The van der Waals surface area contributed by atoms with Gasteiger partial charge in [0.05, 0.1) is 7.11 Å². The summed E-state index contributed by atoms with van der Waals surface area (Å²) in [6.45, 7) is 4.05. The molecule has 3 rings (SSSR count). The van der Waals surface area contributed by atoms with Gasteiger partial charge in [0.1, 0.15) is 5.75 Å². The molecule has 0 bridgehead atoms. The van der Waals surface area contributed by atoms with Gasteiger partial charge in [0, 0.05) is 21.6 Å². The summed E-state index contributed by atoms with van der Waals surface area (Å²) >= 11 is 0. The van der Waals surface area contributed by atoms with Gasteiger partial charge in [-0.25, -0.2) is 0 Å². The van der Waals surface area contributed by atoms with Gasteiger partial charge in [-0.15, -0.1) is 0 Å². The van der Waals surface area contributed by atoms with Gasteiger partial charge in [-0.2, -0.15) is 0 Å². The van der Waals surface area contributed by atoms with Gasteiger partial charge in [0.15, 0.2) is 11.6 Å². The summed E-state index contributed by atoms with van der Waals surface area (Å²) in [5.41, 5.74) is 8.91. The standard InChI is InChI=1S/C19H17N3O3/c1-11(2)12-8-9-15(16(10-12)25-3)19(21-22-20)17(23)13-6-4-5-7-14(13)18(19)24/h4-11H,1-3H3. The number of Topliss-reactive ketones (excluding diaryl/α,β-unsaturated/α-hetero) is 2. The van der Waals surface area contributed by atoms with E-state index in [1.165, 1.54) is 7.11 Å². The normalized spacial score (nSPS) is 15.0. The second-order valence-electron chi connectivity index (χ2n) is 6.22. The van der Waals surface area contributed by atoms with E-state index in [2.05, 4.69) is 10.0 Å². The van der Waals surface area contributed by atoms with Crippen molar-refractivity contribution in [3.05, 3.63) is 75.2 Å². The van der Waals surface area contributed by atoms with Crippen LogP contribution >= 0.6 is 0 Å². The van der Waals surface area contributed by atoms with E-state index in [4.69, 9.17) is 10.3 Å². The van der Waals surface area contributed by atoms with Crippen LogP contribution in [0.15, 0.2) is 47.6 Å². The molecule has 0 amide bonds. The first kappa shape index (κ1) is 16.7. The Morgan fingerprint density at radius 1 is 1.08 bits per heavy atom. The molecule has 2 aromatic carbocycles. The lowest BCUT2D eigenvalue weighted by Crippen LogP contribution is -2.36. The Kier molecular flexibility index (Phi) is 4.07. The van der Waals surface area contributed by atoms with Gasteiger partial charge in [0.25, 0.3) is 0 Å². The summed E-state index contributed by atoms with van der Waals surface area (Å²) in [6, 6.07) is 11.7. The molecular weight excluding hydrogens is 318 g/mol. The molecule has 0 heterocycles. The van der Waals surface area contributed by atoms with Crippen molar-refractivity contribution in [1.82, 2.24) is 0 Å². The molecule has 2 aromatic rings. The van der Waals surface area contributed by atoms with Crippen molar-refractivity contribution >= 4 is 11.6 Å². The van der Waals surface area contributed by atoms with Crippen LogP contribution in [0, 0.1) is 0 Å². The first-order chi connectivity index (χ1) is 12.0. The quantitative estimate of drug-likeness (QED) is 0.359. The van der Waals surface area contributed by atoms with E-state index >= 15 is 0 Å². The highest BCUT2D eigenvalue weighted by molar-refractivity contribution is 6.33. The fourth-order valence-electron chi connectivity index (χ4n) is 3.19. The average Bonchev–Trinajstić information content (AvgIpc) is 2.84. The molecule has 0 N–H and O–H groups in total. The lowest BCUT2D eigenvalue weighted by atomic mass is 9.84. The number of azide groups is 1. The number of fused-ring (bicyclic) bond motifs is 1. The number of hydrogen-bond donors (Lipinski definition) is 0. The van der Waals surface area contributed by atoms with Crippen LogP contribution in [0.25, 0.3) is 10.4 Å². The Balaban J connectivity index is 2.31. The number of nitrogens with zero attached hydrogens (tertiary/aromatic N) is 3. The first-order valence-corrected chi connectivity index (χ1v) is 7.90. The average molecular weight is 335 g/mol. The summed E-state index contributed by atoms with van der Waals surface area (Å²) in [5, 5.41) is 3.69. The number of methoxy groups -OCH3 is 1. The molecule has 0 saturated heterocycles. The maximum absolute atomic E-state index is 13.1. The van der Waals surface area contributed by atoms with Crippen LogP contribution in [0.3, 0.4) is 0 Å². The third kappa shape index (κ3) is 2.30. The first-order valence-electron chi connectivity index (χ1n) is 7.90. The van der Waals surface area contributed by atoms with Gasteiger partial charge >= 0.3 is 0 Å². The highest BCUT2D eigenvalue weighted by Crippen LogP contribution is 2.45. The Hall–Kier alpha value is -3.11. The minimum absolute atomic E-state index is 0.241. The molecule has 126 valence electrons. The van der Waals surface area contributed by atoms with Crippen LogP contribution in [0.1, 0.15) is 51.6 Å². The number of hydrogen-bond acceptors (Lipinski definition) is 4. The number of carbonyl (C=O) groups excluding carboxylic acids is 2. The zero-order chi connectivity index (χ0) is 18.2. The zero-order valence-electron chi connectivity index (χ0n) is 14.2. The minimum atomic E-state index is -1.96. The molecule has 0 aromatic heterocycles. The molecule has 0 unspecified atom stereocenters. The summed E-state index contributed by atoms with van der Waals surface area (Å²) in [4.78, 5) is 28.9. The maximum atomic E-state index is 13.1. The second-order valence-corrected chi connectivity index (χ2v) is 6.22. The summed E-state index contributed by atoms with van der Waals surface area (Å²) in [7, 11) is 1.46. The number of carbonyl (C=O) groups is 2. The third-order valence-electron chi connectivity index (χ3n) is 4.55. The van der Waals surface area contributed by atoms with Crippen molar-refractivity contribution in [1.29, 1.82) is 0 Å². The molecule has 0 fully saturated rings. The monoisotopic (exact) mass is 335 g/mol. The van der Waals surface area contributed by atoms with Crippen LogP contribution in [-0.4, -0.2) is 18.7 Å². The van der Waals surface area contributed by atoms with Crippen molar-refractivity contribution in [3.63, 3.8) is 0 Å². The zero-order valence-corrected chi connectivity index (χ0v) is 14.2. The lowest BCUT2D eigenvalue weighted by molar-refractivity contribution is 0.0796. The van der Waals surface area contributed by atoms with Crippen LogP contribution in [0.5, 0.6) is 5.75 Å². The molecule has 6 nitrogen and oxygen atoms in total. The Bertz CT molecular complexity index is 892. The van der Waals surface area contributed by atoms with Gasteiger partial charge < -0.3 is 4.74 Å². The predicted molar refractivity (Wildman–Crippen MR) is 93.0 cm³/mol. The van der Waals surface area contributed by atoms with Crippen molar-refractivity contribution < 1.29 is 14.3 Å². The maximum Gasteiger partial charge on any atom is 0.203 e. The Morgan fingerprint density at radius 3 is 2.16 bits per heavy atom. The van der Waals surface area contributed by atoms with Gasteiger partial charge in [-0.05, 0) is 23.1 Å². The van der Waals surface area contributed by atoms with E-state index < -0.39 is 17.1 Å². The summed E-state index contributed by atoms with van der Waals surface area (Å²) in [5.74, 6) is -0.457. The van der Waals surface area contributed by atoms with E-state index in [1.54, 1.807) is 36.4 Å². The molecular formula is C19H17N3O3. The molecule has 0 aliphatic heterocycles. The van der Waals surface area contributed by atoms with Gasteiger partial charge in [-0.1, -0.05) is 55.4 Å². The molecule has 0 radical (unpaired) electrons.